The second kappa shape index (κ2) is 10.4. The third-order valence-electron chi connectivity index (χ3n) is 8.75. The largest absolute Gasteiger partial charge is 0.336 e. The Hall–Kier alpha value is -3.06. The molecule has 2 aromatic rings. The van der Waals surface area contributed by atoms with Gasteiger partial charge >= 0.3 is 0 Å². The van der Waals surface area contributed by atoms with Crippen molar-refractivity contribution in [2.24, 2.45) is 17.3 Å². The van der Waals surface area contributed by atoms with Crippen LogP contribution in [0.5, 0.6) is 0 Å². The van der Waals surface area contributed by atoms with Gasteiger partial charge in [-0.1, -0.05) is 31.6 Å². The molecule has 2 atom stereocenters. The summed E-state index contributed by atoms with van der Waals surface area (Å²) in [7, 11) is 0. The molecule has 0 radical (unpaired) electrons. The Kier molecular flexibility index (Phi) is 7.17. The van der Waals surface area contributed by atoms with Gasteiger partial charge in [-0.2, -0.15) is 0 Å². The molecule has 196 valence electrons. The van der Waals surface area contributed by atoms with Crippen LogP contribution in [0, 0.1) is 28.9 Å². The van der Waals surface area contributed by atoms with Gasteiger partial charge in [0.25, 0.3) is 11.8 Å². The number of amides is 2. The number of benzene rings is 2. The van der Waals surface area contributed by atoms with Gasteiger partial charge in [0.15, 0.2) is 0 Å². The first kappa shape index (κ1) is 25.6. The Morgan fingerprint density at radius 1 is 0.973 bits per heavy atom. The van der Waals surface area contributed by atoms with Gasteiger partial charge in [0.1, 0.15) is 11.6 Å². The molecule has 6 rings (SSSR count). The number of carbonyl (C=O) groups excluding carboxylic acids is 2. The maximum absolute atomic E-state index is 13.5. The Bertz CT molecular complexity index is 1190. The van der Waals surface area contributed by atoms with Crippen molar-refractivity contribution in [1.82, 2.24) is 14.7 Å². The first-order valence-corrected chi connectivity index (χ1v) is 13.2. The van der Waals surface area contributed by atoms with Gasteiger partial charge in [0.2, 0.25) is 0 Å². The van der Waals surface area contributed by atoms with E-state index >= 15 is 0 Å². The summed E-state index contributed by atoms with van der Waals surface area (Å²) < 4.78 is 27.0. The van der Waals surface area contributed by atoms with Gasteiger partial charge in [-0.05, 0) is 72.6 Å². The first-order valence-electron chi connectivity index (χ1n) is 13.2. The lowest BCUT2D eigenvalue weighted by molar-refractivity contribution is -0.0105. The summed E-state index contributed by atoms with van der Waals surface area (Å²) >= 11 is 0. The SMILES string of the molecule is CC1(C)C2CC=C(CN(CCN3CCN(C(=O)c4cccc(F)c4)CC3)C(=O)c3ccc(F)cc3)C1C2. The van der Waals surface area contributed by atoms with Gasteiger partial charge < -0.3 is 9.80 Å². The summed E-state index contributed by atoms with van der Waals surface area (Å²) in [5.74, 6) is 0.231. The van der Waals surface area contributed by atoms with Crippen molar-refractivity contribution >= 4 is 11.8 Å². The van der Waals surface area contributed by atoms with Crippen molar-refractivity contribution in [1.29, 1.82) is 0 Å². The van der Waals surface area contributed by atoms with Crippen LogP contribution in [0.2, 0.25) is 0 Å². The normalized spacial score (nSPS) is 22.7. The van der Waals surface area contributed by atoms with Gasteiger partial charge in [-0.25, -0.2) is 8.78 Å². The number of allylic oxidation sites excluding steroid dienone is 1. The summed E-state index contributed by atoms with van der Waals surface area (Å²) in [5.41, 5.74) is 2.48. The molecule has 1 saturated heterocycles. The van der Waals surface area contributed by atoms with E-state index in [-0.39, 0.29) is 23.0 Å². The van der Waals surface area contributed by atoms with Crippen molar-refractivity contribution in [3.05, 3.63) is 82.9 Å². The molecule has 1 heterocycles. The number of fused-ring (bicyclic) bond motifs is 1. The second-order valence-electron chi connectivity index (χ2n) is 11.2. The summed E-state index contributed by atoms with van der Waals surface area (Å²) in [5, 5.41) is 0. The molecule has 0 N–H and O–H groups in total. The number of piperazine rings is 1. The molecule has 5 nitrogen and oxygen atoms in total. The smallest absolute Gasteiger partial charge is 0.254 e. The lowest BCUT2D eigenvalue weighted by atomic mass is 9.49. The molecule has 37 heavy (non-hydrogen) atoms. The van der Waals surface area contributed by atoms with Crippen molar-refractivity contribution in [2.75, 3.05) is 45.8 Å². The Morgan fingerprint density at radius 3 is 2.35 bits per heavy atom. The highest BCUT2D eigenvalue weighted by Crippen LogP contribution is 2.59. The number of rotatable bonds is 7. The lowest BCUT2D eigenvalue weighted by Gasteiger charge is -2.57. The van der Waals surface area contributed by atoms with Gasteiger partial charge in [0, 0.05) is 56.9 Å². The van der Waals surface area contributed by atoms with Crippen LogP contribution in [-0.2, 0) is 0 Å². The molecule has 1 aliphatic heterocycles. The monoisotopic (exact) mass is 507 g/mol. The number of carbonyl (C=O) groups is 2. The maximum Gasteiger partial charge on any atom is 0.254 e. The highest BCUT2D eigenvalue weighted by Gasteiger charge is 2.51. The Balaban J connectivity index is 1.22. The average molecular weight is 508 g/mol. The third-order valence-corrected chi connectivity index (χ3v) is 8.75. The molecule has 7 heteroatoms. The molecule has 2 bridgehead atoms. The van der Waals surface area contributed by atoms with E-state index in [9.17, 15) is 18.4 Å². The fourth-order valence-corrected chi connectivity index (χ4v) is 6.14. The molecular formula is C30H35F2N3O2. The van der Waals surface area contributed by atoms with E-state index in [0.717, 1.165) is 12.3 Å². The van der Waals surface area contributed by atoms with Crippen LogP contribution < -0.4 is 0 Å². The Labute approximate surface area is 217 Å². The van der Waals surface area contributed by atoms with E-state index in [1.807, 2.05) is 4.90 Å². The highest BCUT2D eigenvalue weighted by atomic mass is 19.1. The minimum atomic E-state index is -0.413. The summed E-state index contributed by atoms with van der Waals surface area (Å²) in [4.78, 5) is 32.2. The topological polar surface area (TPSA) is 43.9 Å². The molecule has 0 aromatic heterocycles. The molecule has 3 aliphatic carbocycles. The molecule has 2 unspecified atom stereocenters. The average Bonchev–Trinajstić information content (AvgIpc) is 2.91. The van der Waals surface area contributed by atoms with Gasteiger partial charge in [0.05, 0.1) is 0 Å². The van der Waals surface area contributed by atoms with E-state index < -0.39 is 5.82 Å². The second-order valence-corrected chi connectivity index (χ2v) is 11.2. The van der Waals surface area contributed by atoms with Gasteiger partial charge in [-0.3, -0.25) is 14.5 Å². The number of hydrogen-bond donors (Lipinski definition) is 0. The van der Waals surface area contributed by atoms with Crippen LogP contribution in [0.1, 0.15) is 47.4 Å². The summed E-state index contributed by atoms with van der Waals surface area (Å²) in [6, 6.07) is 11.6. The summed E-state index contributed by atoms with van der Waals surface area (Å²) in [6.07, 6.45) is 4.59. The fraction of sp³-hybridized carbons (Fsp3) is 0.467. The van der Waals surface area contributed by atoms with Crippen molar-refractivity contribution in [2.45, 2.75) is 26.7 Å². The molecule has 2 fully saturated rings. The molecular weight excluding hydrogens is 472 g/mol. The highest BCUT2D eigenvalue weighted by molar-refractivity contribution is 5.95. The molecule has 2 amide bonds. The molecule has 1 saturated carbocycles. The number of hydrogen-bond acceptors (Lipinski definition) is 3. The fourth-order valence-electron chi connectivity index (χ4n) is 6.14. The molecule has 0 spiro atoms. The van der Waals surface area contributed by atoms with Crippen molar-refractivity contribution < 1.29 is 18.4 Å². The predicted molar refractivity (Wildman–Crippen MR) is 139 cm³/mol. The molecule has 4 aliphatic rings. The van der Waals surface area contributed by atoms with Crippen LogP contribution in [0.3, 0.4) is 0 Å². The maximum atomic E-state index is 13.5. The number of nitrogens with zero attached hydrogens (tertiary/aromatic N) is 3. The lowest BCUT2D eigenvalue weighted by Crippen LogP contribution is -2.52. The van der Waals surface area contributed by atoms with E-state index in [0.29, 0.717) is 62.9 Å². The minimum Gasteiger partial charge on any atom is -0.336 e. The zero-order valence-electron chi connectivity index (χ0n) is 21.6. The minimum absolute atomic E-state index is 0.0833. The standard InChI is InChI=1S/C30H35F2N3O2/c1-30(2)24-9-6-23(27(30)19-24)20-35(28(36)21-7-10-25(31)11-8-21)17-14-33-12-15-34(16-13-33)29(37)22-4-3-5-26(32)18-22/h3-8,10-11,18,24,27H,9,12-17,19-20H2,1-2H3. The van der Waals surface area contributed by atoms with E-state index in [4.69, 9.17) is 0 Å². The van der Waals surface area contributed by atoms with Crippen LogP contribution in [0.25, 0.3) is 0 Å². The van der Waals surface area contributed by atoms with Crippen LogP contribution in [0.15, 0.2) is 60.2 Å². The van der Waals surface area contributed by atoms with E-state index in [2.05, 4.69) is 24.8 Å². The van der Waals surface area contributed by atoms with E-state index in [1.54, 1.807) is 29.2 Å². The summed E-state index contributed by atoms with van der Waals surface area (Å²) in [6.45, 7) is 9.01. The molecule has 2 aromatic carbocycles. The van der Waals surface area contributed by atoms with Crippen LogP contribution in [0.4, 0.5) is 8.78 Å². The zero-order valence-corrected chi connectivity index (χ0v) is 21.6. The van der Waals surface area contributed by atoms with E-state index in [1.165, 1.54) is 36.3 Å². The van der Waals surface area contributed by atoms with Crippen LogP contribution in [-0.4, -0.2) is 72.3 Å². The predicted octanol–water partition coefficient (Wildman–Crippen LogP) is 4.86. The van der Waals surface area contributed by atoms with Crippen LogP contribution >= 0.6 is 0 Å². The van der Waals surface area contributed by atoms with Gasteiger partial charge in [-0.15, -0.1) is 0 Å². The first-order chi connectivity index (χ1) is 17.7. The van der Waals surface area contributed by atoms with Crippen molar-refractivity contribution in [3.8, 4) is 0 Å². The number of halogens is 2. The quantitative estimate of drug-likeness (QED) is 0.503. The third kappa shape index (κ3) is 5.33. The zero-order chi connectivity index (χ0) is 26.2. The van der Waals surface area contributed by atoms with Crippen molar-refractivity contribution in [3.63, 3.8) is 0 Å². The Morgan fingerprint density at radius 2 is 1.70 bits per heavy atom.